The van der Waals surface area contributed by atoms with Gasteiger partial charge >= 0.3 is 0 Å². The van der Waals surface area contributed by atoms with Crippen molar-refractivity contribution in [1.29, 1.82) is 0 Å². The van der Waals surface area contributed by atoms with E-state index in [0.717, 1.165) is 23.1 Å². The number of thiazole rings is 1. The predicted molar refractivity (Wildman–Crippen MR) is 115 cm³/mol. The van der Waals surface area contributed by atoms with Crippen LogP contribution in [0.1, 0.15) is 46.6 Å². The highest BCUT2D eigenvalue weighted by molar-refractivity contribution is 14.0. The summed E-state index contributed by atoms with van der Waals surface area (Å²) in [5.41, 5.74) is 3.73. The Hall–Kier alpha value is -1.15. The summed E-state index contributed by atoms with van der Waals surface area (Å²) >= 11 is 1.73. The topological polar surface area (TPSA) is 49.3 Å². The number of aryl methyl sites for hydroxylation is 3. The van der Waals surface area contributed by atoms with Crippen LogP contribution in [0.4, 0.5) is 0 Å². The third kappa shape index (κ3) is 5.73. The minimum atomic E-state index is 0. The van der Waals surface area contributed by atoms with E-state index in [4.69, 9.17) is 0 Å². The van der Waals surface area contributed by atoms with Gasteiger partial charge in [0, 0.05) is 11.9 Å². The van der Waals surface area contributed by atoms with E-state index in [2.05, 4.69) is 65.6 Å². The average Bonchev–Trinajstić information content (AvgIpc) is 2.89. The lowest BCUT2D eigenvalue weighted by Gasteiger charge is -2.18. The summed E-state index contributed by atoms with van der Waals surface area (Å²) in [5, 5.41) is 7.85. The molecule has 1 aromatic heterocycles. The minimum Gasteiger partial charge on any atom is -0.350 e. The van der Waals surface area contributed by atoms with Gasteiger partial charge in [-0.2, -0.15) is 0 Å². The second-order valence-electron chi connectivity index (χ2n) is 5.64. The van der Waals surface area contributed by atoms with Gasteiger partial charge in [0.1, 0.15) is 5.01 Å². The molecule has 0 saturated heterocycles. The zero-order valence-electron chi connectivity index (χ0n) is 15.0. The third-order valence-electron chi connectivity index (χ3n) is 3.94. The Kier molecular flexibility index (Phi) is 8.69. The summed E-state index contributed by atoms with van der Waals surface area (Å²) in [4.78, 5) is 10.1. The standard InChI is InChI=1S/C18H26N4S.HI/c1-6-15-7-9-16(10-8-15)13(3)22-18(19-5)20-11-17-21-12(2)14(4)23-17;/h7-10,13H,6,11H2,1-5H3,(H2,19,20,22);1H. The first-order chi connectivity index (χ1) is 11.0. The summed E-state index contributed by atoms with van der Waals surface area (Å²) in [6.07, 6.45) is 1.07. The molecule has 0 bridgehead atoms. The summed E-state index contributed by atoms with van der Waals surface area (Å²) in [6, 6.07) is 8.93. The number of aromatic nitrogens is 1. The second kappa shape index (κ2) is 9.98. The molecular weight excluding hydrogens is 431 g/mol. The van der Waals surface area contributed by atoms with Crippen molar-refractivity contribution in [2.45, 2.75) is 46.7 Å². The van der Waals surface area contributed by atoms with Crippen LogP contribution in [0.3, 0.4) is 0 Å². The molecule has 4 nitrogen and oxygen atoms in total. The maximum absolute atomic E-state index is 4.55. The molecule has 2 aromatic rings. The van der Waals surface area contributed by atoms with Gasteiger partial charge in [0.05, 0.1) is 18.3 Å². The minimum absolute atomic E-state index is 0. The van der Waals surface area contributed by atoms with E-state index >= 15 is 0 Å². The van der Waals surface area contributed by atoms with Crippen molar-refractivity contribution in [1.82, 2.24) is 15.6 Å². The van der Waals surface area contributed by atoms with Crippen molar-refractivity contribution < 1.29 is 0 Å². The van der Waals surface area contributed by atoms with Crippen LogP contribution in [0, 0.1) is 13.8 Å². The SMILES string of the molecule is CCc1ccc(C(C)NC(=NC)NCc2nc(C)c(C)s2)cc1.I. The van der Waals surface area contributed by atoms with Crippen LogP contribution in [0.2, 0.25) is 0 Å². The van der Waals surface area contributed by atoms with Gasteiger partial charge in [0.25, 0.3) is 0 Å². The monoisotopic (exact) mass is 458 g/mol. The normalized spacial score (nSPS) is 12.5. The van der Waals surface area contributed by atoms with Gasteiger partial charge in [-0.25, -0.2) is 4.98 Å². The predicted octanol–water partition coefficient (Wildman–Crippen LogP) is 4.37. The molecule has 0 saturated carbocycles. The molecule has 132 valence electrons. The number of hydrogen-bond acceptors (Lipinski definition) is 3. The fourth-order valence-corrected chi connectivity index (χ4v) is 3.17. The van der Waals surface area contributed by atoms with Crippen molar-refractivity contribution in [2.24, 2.45) is 4.99 Å². The molecule has 1 atom stereocenters. The summed E-state index contributed by atoms with van der Waals surface area (Å²) in [7, 11) is 1.79. The molecule has 0 radical (unpaired) electrons. The molecule has 0 spiro atoms. The molecule has 1 heterocycles. The van der Waals surface area contributed by atoms with Crippen LogP contribution in [0.5, 0.6) is 0 Å². The zero-order chi connectivity index (χ0) is 16.8. The van der Waals surface area contributed by atoms with E-state index < -0.39 is 0 Å². The van der Waals surface area contributed by atoms with E-state index in [9.17, 15) is 0 Å². The highest BCUT2D eigenvalue weighted by atomic mass is 127. The van der Waals surface area contributed by atoms with Gasteiger partial charge in [-0.3, -0.25) is 4.99 Å². The maximum atomic E-state index is 4.55. The van der Waals surface area contributed by atoms with E-state index in [0.29, 0.717) is 6.54 Å². The van der Waals surface area contributed by atoms with E-state index in [1.165, 1.54) is 16.0 Å². The molecule has 0 fully saturated rings. The smallest absolute Gasteiger partial charge is 0.191 e. The van der Waals surface area contributed by atoms with E-state index in [1.807, 2.05) is 6.92 Å². The van der Waals surface area contributed by atoms with Gasteiger partial charge < -0.3 is 10.6 Å². The highest BCUT2D eigenvalue weighted by Gasteiger charge is 2.09. The number of hydrogen-bond donors (Lipinski definition) is 2. The number of benzene rings is 1. The van der Waals surface area contributed by atoms with Gasteiger partial charge in [-0.15, -0.1) is 35.3 Å². The molecule has 0 aliphatic heterocycles. The number of aliphatic imine (C=N–C) groups is 1. The number of nitrogens with zero attached hydrogens (tertiary/aromatic N) is 2. The van der Waals surface area contributed by atoms with E-state index in [1.54, 1.807) is 18.4 Å². The fourth-order valence-electron chi connectivity index (χ4n) is 2.30. The molecule has 2 rings (SSSR count). The van der Waals surface area contributed by atoms with Gasteiger partial charge in [-0.1, -0.05) is 31.2 Å². The van der Waals surface area contributed by atoms with Crippen molar-refractivity contribution >= 4 is 41.3 Å². The Morgan fingerprint density at radius 2 is 1.92 bits per heavy atom. The van der Waals surface area contributed by atoms with Crippen molar-refractivity contribution in [3.05, 3.63) is 51.0 Å². The summed E-state index contributed by atoms with van der Waals surface area (Å²) < 4.78 is 0. The quantitative estimate of drug-likeness (QED) is 0.398. The average molecular weight is 458 g/mol. The lowest BCUT2D eigenvalue weighted by Crippen LogP contribution is -2.38. The first-order valence-electron chi connectivity index (χ1n) is 8.02. The van der Waals surface area contributed by atoms with Crippen molar-refractivity contribution in [2.75, 3.05) is 7.05 Å². The summed E-state index contributed by atoms with van der Waals surface area (Å²) in [5.74, 6) is 0.794. The molecule has 2 N–H and O–H groups in total. The summed E-state index contributed by atoms with van der Waals surface area (Å²) in [6.45, 7) is 9.16. The Morgan fingerprint density at radius 1 is 1.25 bits per heavy atom. The van der Waals surface area contributed by atoms with Crippen LogP contribution in [-0.4, -0.2) is 18.0 Å². The molecule has 24 heavy (non-hydrogen) atoms. The van der Waals surface area contributed by atoms with Gasteiger partial charge in [0.15, 0.2) is 5.96 Å². The zero-order valence-corrected chi connectivity index (χ0v) is 18.2. The van der Waals surface area contributed by atoms with Crippen LogP contribution in [0.15, 0.2) is 29.3 Å². The van der Waals surface area contributed by atoms with E-state index in [-0.39, 0.29) is 30.0 Å². The Labute approximate surface area is 166 Å². The number of rotatable bonds is 5. The number of halogens is 1. The lowest BCUT2D eigenvalue weighted by atomic mass is 10.1. The van der Waals surface area contributed by atoms with Crippen molar-refractivity contribution in [3.63, 3.8) is 0 Å². The first kappa shape index (κ1) is 20.9. The maximum Gasteiger partial charge on any atom is 0.191 e. The number of nitrogens with one attached hydrogen (secondary N) is 2. The molecule has 0 aliphatic rings. The second-order valence-corrected chi connectivity index (χ2v) is 6.92. The molecule has 1 unspecified atom stereocenters. The molecule has 1 aromatic carbocycles. The van der Waals surface area contributed by atoms with Gasteiger partial charge in [0.2, 0.25) is 0 Å². The highest BCUT2D eigenvalue weighted by Crippen LogP contribution is 2.16. The van der Waals surface area contributed by atoms with Crippen molar-refractivity contribution in [3.8, 4) is 0 Å². The fraction of sp³-hybridized carbons (Fsp3) is 0.444. The number of guanidine groups is 1. The third-order valence-corrected chi connectivity index (χ3v) is 5.02. The van der Waals surface area contributed by atoms with Crippen LogP contribution in [0.25, 0.3) is 0 Å². The largest absolute Gasteiger partial charge is 0.350 e. The Morgan fingerprint density at radius 3 is 2.42 bits per heavy atom. The van der Waals surface area contributed by atoms with Crippen LogP contribution in [-0.2, 0) is 13.0 Å². The van der Waals surface area contributed by atoms with Crippen LogP contribution < -0.4 is 10.6 Å². The Bertz CT molecular complexity index is 645. The first-order valence-corrected chi connectivity index (χ1v) is 8.84. The Balaban J connectivity index is 0.00000288. The lowest BCUT2D eigenvalue weighted by molar-refractivity contribution is 0.684. The molecule has 0 aliphatic carbocycles. The molecule has 6 heteroatoms. The van der Waals surface area contributed by atoms with Crippen LogP contribution >= 0.6 is 35.3 Å². The molecular formula is C18H27IN4S. The molecule has 0 amide bonds. The van der Waals surface area contributed by atoms with Gasteiger partial charge in [-0.05, 0) is 38.3 Å².